The van der Waals surface area contributed by atoms with Crippen LogP contribution in [-0.4, -0.2) is 11.8 Å². The van der Waals surface area contributed by atoms with Gasteiger partial charge in [-0.15, -0.1) is 0 Å². The Hall–Kier alpha value is -5.34. The van der Waals surface area contributed by atoms with Gasteiger partial charge < -0.3 is 20.7 Å². The van der Waals surface area contributed by atoms with Crippen LogP contribution >= 0.6 is 0 Å². The van der Waals surface area contributed by atoms with Crippen molar-refractivity contribution in [1.29, 1.82) is 0 Å². The summed E-state index contributed by atoms with van der Waals surface area (Å²) < 4.78 is 33.1. The molecule has 0 unspecified atom stereocenters. The largest absolute Gasteiger partial charge is 0.455 e. The molecule has 0 saturated heterocycles. The molecule has 0 radical (unpaired) electrons. The number of carbonyl (C=O) groups excluding carboxylic acids is 2. The lowest BCUT2D eigenvalue weighted by Crippen LogP contribution is -2.32. The van der Waals surface area contributed by atoms with Gasteiger partial charge in [0.05, 0.1) is 12.2 Å². The van der Waals surface area contributed by atoms with Gasteiger partial charge in [-0.1, -0.05) is 72.8 Å². The number of hydrogen-bond donors (Lipinski definition) is 2. The molecule has 0 bridgehead atoms. The third kappa shape index (κ3) is 6.98. The van der Waals surface area contributed by atoms with Crippen molar-refractivity contribution in [3.05, 3.63) is 149 Å². The highest BCUT2D eigenvalue weighted by atomic mass is 19.2. The van der Waals surface area contributed by atoms with E-state index in [1.54, 1.807) is 11.0 Å². The first-order chi connectivity index (χ1) is 22.4. The number of nitrogens with two attached hydrogens (primary N) is 1. The Kier molecular flexibility index (Phi) is 9.17. The molecule has 1 aliphatic carbocycles. The zero-order chi connectivity index (χ0) is 32.0. The highest BCUT2D eigenvalue weighted by molar-refractivity contribution is 5.96. The molecule has 5 aromatic carbocycles. The lowest BCUT2D eigenvalue weighted by molar-refractivity contribution is -0.125. The molecule has 5 aromatic rings. The fourth-order valence-electron chi connectivity index (χ4n) is 5.71. The van der Waals surface area contributed by atoms with Gasteiger partial charge in [-0.05, 0) is 81.8 Å². The maximum Gasteiger partial charge on any atom is 0.227 e. The molecule has 0 saturated carbocycles. The molecule has 2 amide bonds. The Morgan fingerprint density at radius 3 is 2.37 bits per heavy atom. The molecule has 1 aliphatic rings. The second kappa shape index (κ2) is 13.7. The van der Waals surface area contributed by atoms with Gasteiger partial charge in [0, 0.05) is 25.9 Å². The zero-order valence-corrected chi connectivity index (χ0v) is 25.1. The molecule has 6 nitrogen and oxygen atoms in total. The van der Waals surface area contributed by atoms with Crippen molar-refractivity contribution < 1.29 is 23.1 Å². The maximum absolute atomic E-state index is 13.9. The highest BCUT2D eigenvalue weighted by Crippen LogP contribution is 2.38. The van der Waals surface area contributed by atoms with Gasteiger partial charge in [-0.2, -0.15) is 0 Å². The Morgan fingerprint density at radius 1 is 0.739 bits per heavy atom. The quantitative estimate of drug-likeness (QED) is 0.159. The number of fused-ring (bicyclic) bond motifs is 3. The smallest absolute Gasteiger partial charge is 0.227 e. The minimum atomic E-state index is -0.983. The second-order valence-electron chi connectivity index (χ2n) is 11.3. The van der Waals surface area contributed by atoms with Crippen molar-refractivity contribution in [3.8, 4) is 22.6 Å². The summed E-state index contributed by atoms with van der Waals surface area (Å²) in [7, 11) is 0. The minimum Gasteiger partial charge on any atom is -0.455 e. The lowest BCUT2D eigenvalue weighted by atomic mass is 10.0. The van der Waals surface area contributed by atoms with E-state index < -0.39 is 11.6 Å². The molecule has 0 atom stereocenters. The molecule has 232 valence electrons. The Labute approximate surface area is 266 Å². The lowest BCUT2D eigenvalue weighted by Gasteiger charge is -2.26. The number of rotatable bonds is 11. The number of anilines is 1. The topological polar surface area (TPSA) is 84.7 Å². The molecule has 3 N–H and O–H groups in total. The van der Waals surface area contributed by atoms with Crippen molar-refractivity contribution in [2.45, 2.75) is 38.9 Å². The van der Waals surface area contributed by atoms with E-state index in [0.717, 1.165) is 29.7 Å². The van der Waals surface area contributed by atoms with Crippen molar-refractivity contribution in [1.82, 2.24) is 5.32 Å². The molecular weight excluding hydrogens is 584 g/mol. The van der Waals surface area contributed by atoms with E-state index in [1.165, 1.54) is 28.3 Å². The monoisotopic (exact) mass is 617 g/mol. The summed E-state index contributed by atoms with van der Waals surface area (Å²) in [4.78, 5) is 28.3. The predicted molar refractivity (Wildman–Crippen MR) is 174 cm³/mol. The first-order valence-corrected chi connectivity index (χ1v) is 15.1. The van der Waals surface area contributed by atoms with Gasteiger partial charge >= 0.3 is 0 Å². The van der Waals surface area contributed by atoms with E-state index >= 15 is 0 Å². The van der Waals surface area contributed by atoms with E-state index in [9.17, 15) is 18.4 Å². The first-order valence-electron chi connectivity index (χ1n) is 15.1. The summed E-state index contributed by atoms with van der Waals surface area (Å²) in [6.45, 7) is 0.649. The maximum atomic E-state index is 13.9. The number of benzene rings is 5. The molecule has 46 heavy (non-hydrogen) atoms. The van der Waals surface area contributed by atoms with E-state index in [2.05, 4.69) is 29.6 Å². The second-order valence-corrected chi connectivity index (χ2v) is 11.3. The van der Waals surface area contributed by atoms with Gasteiger partial charge in [0.1, 0.15) is 5.75 Å². The average molecular weight is 618 g/mol. The van der Waals surface area contributed by atoms with Crippen LogP contribution in [0.1, 0.15) is 40.7 Å². The van der Waals surface area contributed by atoms with Crippen LogP contribution in [0.2, 0.25) is 0 Å². The molecule has 8 heteroatoms. The standard InChI is InChI=1S/C38H33F2N3O3/c39-33-15-13-26(20-34(33)40)23-42-37(44)16-17-38(45)43(24-27-12-14-32-29(18-27)21-28-7-1-2-9-31(28)32)35-10-3-4-11-36(35)46-30-8-5-6-25(19-30)22-41/h1-15,18-20H,16-17,21-24,41H2,(H,42,44). The third-order valence-corrected chi connectivity index (χ3v) is 8.06. The van der Waals surface area contributed by atoms with Crippen LogP contribution < -0.4 is 20.7 Å². The van der Waals surface area contributed by atoms with E-state index in [1.807, 2.05) is 60.7 Å². The van der Waals surface area contributed by atoms with E-state index in [-0.39, 0.29) is 37.7 Å². The van der Waals surface area contributed by atoms with Gasteiger partial charge in [-0.25, -0.2) is 8.78 Å². The van der Waals surface area contributed by atoms with Crippen LogP contribution in [0.4, 0.5) is 14.5 Å². The Balaban J connectivity index is 1.23. The fourth-order valence-corrected chi connectivity index (χ4v) is 5.71. The predicted octanol–water partition coefficient (Wildman–Crippen LogP) is 7.42. The zero-order valence-electron chi connectivity index (χ0n) is 25.1. The van der Waals surface area contributed by atoms with Crippen molar-refractivity contribution in [3.63, 3.8) is 0 Å². The van der Waals surface area contributed by atoms with E-state index in [0.29, 0.717) is 29.3 Å². The van der Waals surface area contributed by atoms with Crippen LogP contribution in [0.25, 0.3) is 11.1 Å². The third-order valence-electron chi connectivity index (χ3n) is 8.06. The number of carbonyl (C=O) groups is 2. The number of halogens is 2. The summed E-state index contributed by atoms with van der Waals surface area (Å²) in [5, 5.41) is 2.69. The van der Waals surface area contributed by atoms with Crippen LogP contribution in [-0.2, 0) is 35.6 Å². The fraction of sp³-hybridized carbons (Fsp3) is 0.158. The summed E-state index contributed by atoms with van der Waals surface area (Å²) >= 11 is 0. The number of hydrogen-bond acceptors (Lipinski definition) is 4. The SMILES string of the molecule is NCc1cccc(Oc2ccccc2N(Cc2ccc3c(c2)Cc2ccccc2-3)C(=O)CCC(=O)NCc2ccc(F)c(F)c2)c1. The van der Waals surface area contributed by atoms with Crippen LogP contribution in [0.15, 0.2) is 109 Å². The summed E-state index contributed by atoms with van der Waals surface area (Å²) in [6.07, 6.45) is 0.666. The molecule has 0 aromatic heterocycles. The van der Waals surface area contributed by atoms with Crippen LogP contribution in [0.5, 0.6) is 11.5 Å². The molecule has 0 aliphatic heterocycles. The Bertz CT molecular complexity index is 1910. The van der Waals surface area contributed by atoms with Crippen molar-refractivity contribution >= 4 is 17.5 Å². The Morgan fingerprint density at radius 2 is 1.52 bits per heavy atom. The first kappa shape index (κ1) is 30.7. The van der Waals surface area contributed by atoms with Crippen molar-refractivity contribution in [2.75, 3.05) is 4.90 Å². The summed E-state index contributed by atoms with van der Waals surface area (Å²) in [5.41, 5.74) is 13.6. The van der Waals surface area contributed by atoms with Gasteiger partial charge in [0.2, 0.25) is 11.8 Å². The van der Waals surface area contributed by atoms with Crippen LogP contribution in [0, 0.1) is 11.6 Å². The molecule has 0 fully saturated rings. The number of nitrogens with zero attached hydrogens (tertiary/aromatic N) is 1. The van der Waals surface area contributed by atoms with E-state index in [4.69, 9.17) is 10.5 Å². The highest BCUT2D eigenvalue weighted by Gasteiger charge is 2.23. The molecule has 0 spiro atoms. The van der Waals surface area contributed by atoms with Gasteiger partial charge in [0.15, 0.2) is 17.4 Å². The number of amides is 2. The molecule has 6 rings (SSSR count). The molecule has 0 heterocycles. The van der Waals surface area contributed by atoms with Crippen molar-refractivity contribution in [2.24, 2.45) is 5.73 Å². The normalized spacial score (nSPS) is 11.5. The summed E-state index contributed by atoms with van der Waals surface area (Å²) in [6, 6.07) is 32.9. The number of nitrogens with one attached hydrogen (secondary N) is 1. The van der Waals surface area contributed by atoms with Gasteiger partial charge in [0.25, 0.3) is 0 Å². The minimum absolute atomic E-state index is 0.0178. The number of ether oxygens (including phenoxy) is 1. The van der Waals surface area contributed by atoms with Gasteiger partial charge in [-0.3, -0.25) is 9.59 Å². The average Bonchev–Trinajstić information content (AvgIpc) is 3.45. The van der Waals surface area contributed by atoms with Crippen LogP contribution in [0.3, 0.4) is 0 Å². The molecular formula is C38H33F2N3O3. The number of para-hydroxylation sites is 2. The summed E-state index contributed by atoms with van der Waals surface area (Å²) in [5.74, 6) is -1.50.